The highest BCUT2D eigenvalue weighted by molar-refractivity contribution is 5.86. The molecule has 0 N–H and O–H groups in total. The van der Waals surface area contributed by atoms with Crippen LogP contribution in [0, 0.1) is 0 Å². The maximum atomic E-state index is 12.8. The Balaban J connectivity index is 1.48. The molecule has 1 amide bonds. The average molecular weight is 480 g/mol. The van der Waals surface area contributed by atoms with Gasteiger partial charge in [-0.1, -0.05) is 70.9 Å². The van der Waals surface area contributed by atoms with Crippen molar-refractivity contribution in [1.82, 2.24) is 14.9 Å². The Morgan fingerprint density at radius 3 is 2.26 bits per heavy atom. The van der Waals surface area contributed by atoms with E-state index in [1.165, 1.54) is 32.1 Å². The standard InChI is InChI=1S/C29H41N3O3/c1-3-5-7-8-9-11-14-27-30-21-24(22-31-27)23-16-18-25(19-17-23)35-29(34)26-13-12-20-32(26)28(33)15-10-6-4-2/h16-19,21-22,26H,3-15,20H2,1-2H3/t26-/m0/s1. The van der Waals surface area contributed by atoms with Gasteiger partial charge in [0, 0.05) is 37.3 Å². The summed E-state index contributed by atoms with van der Waals surface area (Å²) in [5.74, 6) is 1.10. The molecule has 0 saturated carbocycles. The molecule has 1 aliphatic heterocycles. The Hall–Kier alpha value is -2.76. The first-order valence-electron chi connectivity index (χ1n) is 13.5. The van der Waals surface area contributed by atoms with E-state index in [1.807, 2.05) is 24.5 Å². The normalized spacial score (nSPS) is 15.4. The average Bonchev–Trinajstić information content (AvgIpc) is 3.38. The predicted octanol–water partition coefficient (Wildman–Crippen LogP) is 6.52. The molecule has 3 rings (SSSR count). The summed E-state index contributed by atoms with van der Waals surface area (Å²) in [7, 11) is 0. The van der Waals surface area contributed by atoms with Crippen LogP contribution in [0.25, 0.3) is 11.1 Å². The minimum atomic E-state index is -0.476. The zero-order valence-corrected chi connectivity index (χ0v) is 21.5. The topological polar surface area (TPSA) is 72.4 Å². The van der Waals surface area contributed by atoms with E-state index in [9.17, 15) is 9.59 Å². The second kappa shape index (κ2) is 14.6. The third-order valence-electron chi connectivity index (χ3n) is 6.70. The number of hydrogen-bond acceptors (Lipinski definition) is 5. The van der Waals surface area contributed by atoms with Crippen molar-refractivity contribution >= 4 is 11.9 Å². The molecule has 1 aliphatic rings. The van der Waals surface area contributed by atoms with E-state index in [2.05, 4.69) is 23.8 Å². The summed E-state index contributed by atoms with van der Waals surface area (Å²) in [6.07, 6.45) is 17.2. The number of aromatic nitrogens is 2. The van der Waals surface area contributed by atoms with Crippen LogP contribution in [0.3, 0.4) is 0 Å². The van der Waals surface area contributed by atoms with Gasteiger partial charge in [0.05, 0.1) is 0 Å². The molecule has 1 fully saturated rings. The van der Waals surface area contributed by atoms with Gasteiger partial charge in [-0.15, -0.1) is 0 Å². The molecular formula is C29H41N3O3. The van der Waals surface area contributed by atoms with Crippen molar-refractivity contribution in [1.29, 1.82) is 0 Å². The SMILES string of the molecule is CCCCCCCCc1ncc(-c2ccc(OC(=O)[C@@H]3CCCN3C(=O)CCCCC)cc2)cn1. The van der Waals surface area contributed by atoms with Gasteiger partial charge in [-0.25, -0.2) is 14.8 Å². The molecule has 2 aromatic rings. The van der Waals surface area contributed by atoms with Crippen molar-refractivity contribution in [2.24, 2.45) is 0 Å². The highest BCUT2D eigenvalue weighted by Gasteiger charge is 2.35. The van der Waals surface area contributed by atoms with Crippen molar-refractivity contribution in [3.05, 3.63) is 42.5 Å². The molecule has 190 valence electrons. The number of aryl methyl sites for hydroxylation is 1. The van der Waals surface area contributed by atoms with Crippen LogP contribution < -0.4 is 4.74 Å². The van der Waals surface area contributed by atoms with Gasteiger partial charge in [-0.2, -0.15) is 0 Å². The van der Waals surface area contributed by atoms with Gasteiger partial charge in [0.2, 0.25) is 5.91 Å². The van der Waals surface area contributed by atoms with Crippen LogP contribution in [-0.2, 0) is 16.0 Å². The number of carbonyl (C=O) groups excluding carboxylic acids is 2. The number of ether oxygens (including phenoxy) is 1. The smallest absolute Gasteiger partial charge is 0.334 e. The van der Waals surface area contributed by atoms with Gasteiger partial charge in [0.1, 0.15) is 17.6 Å². The minimum Gasteiger partial charge on any atom is -0.425 e. The Kier molecular flexibility index (Phi) is 11.2. The fraction of sp³-hybridized carbons (Fsp3) is 0.586. The molecular weight excluding hydrogens is 438 g/mol. The molecule has 35 heavy (non-hydrogen) atoms. The molecule has 0 spiro atoms. The zero-order valence-electron chi connectivity index (χ0n) is 21.5. The first kappa shape index (κ1) is 26.8. The highest BCUT2D eigenvalue weighted by atomic mass is 16.5. The van der Waals surface area contributed by atoms with Crippen LogP contribution in [0.4, 0.5) is 0 Å². The quantitative estimate of drug-likeness (QED) is 0.175. The number of hydrogen-bond donors (Lipinski definition) is 0. The number of rotatable bonds is 14. The monoisotopic (exact) mass is 479 g/mol. The lowest BCUT2D eigenvalue weighted by atomic mass is 10.1. The predicted molar refractivity (Wildman–Crippen MR) is 139 cm³/mol. The first-order chi connectivity index (χ1) is 17.1. The molecule has 6 nitrogen and oxygen atoms in total. The Morgan fingerprint density at radius 2 is 1.54 bits per heavy atom. The van der Waals surface area contributed by atoms with E-state index >= 15 is 0 Å². The number of benzene rings is 1. The van der Waals surface area contributed by atoms with Crippen LogP contribution in [0.1, 0.15) is 96.7 Å². The number of esters is 1. The molecule has 0 aliphatic carbocycles. The van der Waals surface area contributed by atoms with Gasteiger partial charge in [0.25, 0.3) is 0 Å². The molecule has 1 aromatic heterocycles. The lowest BCUT2D eigenvalue weighted by Gasteiger charge is -2.23. The summed E-state index contributed by atoms with van der Waals surface area (Å²) in [4.78, 5) is 36.1. The summed E-state index contributed by atoms with van der Waals surface area (Å²) >= 11 is 0. The van der Waals surface area contributed by atoms with Gasteiger partial charge in [-0.05, 0) is 43.4 Å². The zero-order chi connectivity index (χ0) is 24.9. The first-order valence-corrected chi connectivity index (χ1v) is 13.5. The van der Waals surface area contributed by atoms with E-state index in [-0.39, 0.29) is 11.9 Å². The summed E-state index contributed by atoms with van der Waals surface area (Å²) in [5, 5.41) is 0. The second-order valence-corrected chi connectivity index (χ2v) is 9.55. The van der Waals surface area contributed by atoms with E-state index in [4.69, 9.17) is 4.74 Å². The lowest BCUT2D eigenvalue weighted by molar-refractivity contribution is -0.146. The fourth-order valence-electron chi connectivity index (χ4n) is 4.58. The van der Waals surface area contributed by atoms with Crippen molar-refractivity contribution in [2.75, 3.05) is 6.54 Å². The molecule has 0 bridgehead atoms. The van der Waals surface area contributed by atoms with Crippen LogP contribution in [0.5, 0.6) is 5.75 Å². The number of amides is 1. The summed E-state index contributed by atoms with van der Waals surface area (Å²) < 4.78 is 5.63. The third-order valence-corrected chi connectivity index (χ3v) is 6.70. The van der Waals surface area contributed by atoms with Gasteiger partial charge >= 0.3 is 5.97 Å². The van der Waals surface area contributed by atoms with Gasteiger partial charge < -0.3 is 9.64 Å². The summed E-state index contributed by atoms with van der Waals surface area (Å²) in [6.45, 7) is 4.99. The van der Waals surface area contributed by atoms with Gasteiger partial charge in [-0.3, -0.25) is 4.79 Å². The number of nitrogens with zero attached hydrogens (tertiary/aromatic N) is 3. The second-order valence-electron chi connectivity index (χ2n) is 9.55. The van der Waals surface area contributed by atoms with Gasteiger partial charge in [0.15, 0.2) is 0 Å². The van der Waals surface area contributed by atoms with Crippen molar-refractivity contribution < 1.29 is 14.3 Å². The molecule has 1 aromatic carbocycles. The van der Waals surface area contributed by atoms with Crippen molar-refractivity contribution in [3.63, 3.8) is 0 Å². The summed E-state index contributed by atoms with van der Waals surface area (Å²) in [5.41, 5.74) is 1.92. The third kappa shape index (κ3) is 8.44. The minimum absolute atomic E-state index is 0.0631. The summed E-state index contributed by atoms with van der Waals surface area (Å²) in [6, 6.07) is 6.93. The van der Waals surface area contributed by atoms with E-state index in [0.717, 1.165) is 55.5 Å². The van der Waals surface area contributed by atoms with Crippen LogP contribution in [-0.4, -0.2) is 39.3 Å². The van der Waals surface area contributed by atoms with E-state index in [1.54, 1.807) is 17.0 Å². The fourth-order valence-corrected chi connectivity index (χ4v) is 4.58. The Morgan fingerprint density at radius 1 is 0.886 bits per heavy atom. The van der Waals surface area contributed by atoms with Crippen LogP contribution >= 0.6 is 0 Å². The van der Waals surface area contributed by atoms with Crippen LogP contribution in [0.15, 0.2) is 36.7 Å². The molecule has 2 heterocycles. The molecule has 0 radical (unpaired) electrons. The molecule has 6 heteroatoms. The van der Waals surface area contributed by atoms with Crippen LogP contribution in [0.2, 0.25) is 0 Å². The maximum absolute atomic E-state index is 12.8. The largest absolute Gasteiger partial charge is 0.425 e. The number of likely N-dealkylation sites (tertiary alicyclic amines) is 1. The lowest BCUT2D eigenvalue weighted by Crippen LogP contribution is -2.42. The highest BCUT2D eigenvalue weighted by Crippen LogP contribution is 2.24. The van der Waals surface area contributed by atoms with E-state index < -0.39 is 6.04 Å². The molecule has 1 atom stereocenters. The Labute approximate surface area is 210 Å². The van der Waals surface area contributed by atoms with Crippen molar-refractivity contribution in [3.8, 4) is 16.9 Å². The van der Waals surface area contributed by atoms with Crippen molar-refractivity contribution in [2.45, 2.75) is 103 Å². The molecule has 1 saturated heterocycles. The maximum Gasteiger partial charge on any atom is 0.334 e. The number of carbonyl (C=O) groups is 2. The molecule has 0 unspecified atom stereocenters. The Bertz CT molecular complexity index is 912. The van der Waals surface area contributed by atoms with E-state index in [0.29, 0.717) is 25.1 Å². The number of unbranched alkanes of at least 4 members (excludes halogenated alkanes) is 7.